The molecule has 5 nitrogen and oxygen atoms in total. The number of hydrogen-bond acceptors (Lipinski definition) is 5. The van der Waals surface area contributed by atoms with Gasteiger partial charge in [-0.25, -0.2) is 19.1 Å². The molecule has 0 radical (unpaired) electrons. The summed E-state index contributed by atoms with van der Waals surface area (Å²) in [5.41, 5.74) is 0. The van der Waals surface area contributed by atoms with Gasteiger partial charge in [-0.3, -0.25) is 0 Å². The van der Waals surface area contributed by atoms with Crippen LogP contribution in [0.2, 0.25) is 0 Å². The number of aliphatic hydroxyl groups excluding tert-OH is 1. The van der Waals surface area contributed by atoms with E-state index in [-0.39, 0.29) is 93.1 Å². The van der Waals surface area contributed by atoms with Gasteiger partial charge in [0, 0.05) is 5.92 Å². The summed E-state index contributed by atoms with van der Waals surface area (Å²) >= 11 is 1.11. The van der Waals surface area contributed by atoms with Crippen LogP contribution in [-0.4, -0.2) is 20.9 Å². The molecule has 1 rings (SSSR count). The monoisotopic (exact) mass is 369 g/mol. The molecule has 0 fully saturated rings. The third-order valence-electron chi connectivity index (χ3n) is 1.50. The van der Waals surface area contributed by atoms with Crippen molar-refractivity contribution >= 4 is 21.3 Å². The molecule has 0 aliphatic carbocycles. The fourth-order valence-electron chi connectivity index (χ4n) is 0.718. The van der Waals surface area contributed by atoms with Gasteiger partial charge in [-0.05, 0) is 0 Å². The maximum atomic E-state index is 11.1. The number of aliphatic hydroxyl groups is 1. The Bertz CT molecular complexity index is 391. The van der Waals surface area contributed by atoms with Gasteiger partial charge < -0.3 is 12.5 Å². The standard InChI is InChI=1S/C6H11N3O2S2.CH3.Cs/c1-4(3-10)6-9-2-5(12-6)13(7,8)11;;/h2,4,10H,3H2,1H3,(H3,7,8,11);1H3;/q;-1;+1. The van der Waals surface area contributed by atoms with Gasteiger partial charge in [-0.1, -0.05) is 6.92 Å². The van der Waals surface area contributed by atoms with E-state index in [1.165, 1.54) is 6.20 Å². The molecule has 0 bridgehead atoms. The molecule has 4 N–H and O–H groups in total. The Kier molecular flexibility index (Phi) is 9.83. The molecule has 1 aromatic heterocycles. The van der Waals surface area contributed by atoms with Gasteiger partial charge >= 0.3 is 68.9 Å². The Hall–Kier alpha value is 1.55. The molecule has 0 aliphatic heterocycles. The maximum Gasteiger partial charge on any atom is 1.00 e. The molecule has 0 aliphatic rings. The van der Waals surface area contributed by atoms with E-state index in [0.29, 0.717) is 5.01 Å². The maximum absolute atomic E-state index is 11.1. The van der Waals surface area contributed by atoms with E-state index in [9.17, 15) is 4.21 Å². The first kappa shape index (κ1) is 18.9. The van der Waals surface area contributed by atoms with Crippen molar-refractivity contribution < 1.29 is 78.2 Å². The zero-order valence-corrected chi connectivity index (χ0v) is 17.0. The SMILES string of the molecule is CC(CO)c1ncc(S(=N)(N)=O)s1.[CH3-].[Cs+]. The topological polar surface area (TPSA) is 100 Å². The molecule has 0 saturated carbocycles. The van der Waals surface area contributed by atoms with Crippen LogP contribution in [0.5, 0.6) is 0 Å². The summed E-state index contributed by atoms with van der Waals surface area (Å²) in [6.07, 6.45) is 1.33. The number of thiazole rings is 1. The van der Waals surface area contributed by atoms with Crippen molar-refractivity contribution in [3.05, 3.63) is 18.6 Å². The van der Waals surface area contributed by atoms with Gasteiger partial charge in [-0.15, -0.1) is 11.3 Å². The smallest absolute Gasteiger partial charge is 0.396 e. The summed E-state index contributed by atoms with van der Waals surface area (Å²) in [6.45, 7) is 1.78. The summed E-state index contributed by atoms with van der Waals surface area (Å²) in [5, 5.41) is 14.6. The number of nitrogens with two attached hydrogens (primary N) is 1. The van der Waals surface area contributed by atoms with Crippen molar-refractivity contribution in [2.75, 3.05) is 6.61 Å². The van der Waals surface area contributed by atoms with Crippen LogP contribution < -0.4 is 74.0 Å². The minimum atomic E-state index is -3.15. The third-order valence-corrected chi connectivity index (χ3v) is 4.22. The third kappa shape index (κ3) is 5.62. The van der Waals surface area contributed by atoms with E-state index >= 15 is 0 Å². The first-order valence-corrected chi connectivity index (χ1v) is 6.02. The molecule has 1 heterocycles. The van der Waals surface area contributed by atoms with Crippen molar-refractivity contribution in [1.82, 2.24) is 4.98 Å². The second kappa shape index (κ2) is 7.80. The first-order valence-electron chi connectivity index (χ1n) is 3.58. The van der Waals surface area contributed by atoms with E-state index in [2.05, 4.69) is 4.98 Å². The predicted octanol–water partition coefficient (Wildman–Crippen LogP) is -2.03. The molecule has 82 valence electrons. The molecule has 15 heavy (non-hydrogen) atoms. The van der Waals surface area contributed by atoms with E-state index in [1.807, 2.05) is 0 Å². The summed E-state index contributed by atoms with van der Waals surface area (Å²) in [7, 11) is -3.15. The van der Waals surface area contributed by atoms with Gasteiger partial charge in [-0.2, -0.15) is 0 Å². The minimum absolute atomic E-state index is 0. The van der Waals surface area contributed by atoms with Crippen LogP contribution >= 0.6 is 11.3 Å². The average molecular weight is 369 g/mol. The average Bonchev–Trinajstić information content (AvgIpc) is 2.50. The Balaban J connectivity index is 0. The largest absolute Gasteiger partial charge is 1.00 e. The first-order chi connectivity index (χ1) is 5.95. The van der Waals surface area contributed by atoms with Gasteiger partial charge in [0.15, 0.2) is 0 Å². The van der Waals surface area contributed by atoms with Gasteiger partial charge in [0.05, 0.1) is 17.8 Å². The molecular weight excluding hydrogens is 355 g/mol. The van der Waals surface area contributed by atoms with Crippen LogP contribution in [0.1, 0.15) is 17.8 Å². The van der Waals surface area contributed by atoms with Gasteiger partial charge in [0.2, 0.25) is 0 Å². The quantitative estimate of drug-likeness (QED) is 0.536. The van der Waals surface area contributed by atoms with Crippen LogP contribution in [0.15, 0.2) is 10.4 Å². The second-order valence-electron chi connectivity index (χ2n) is 2.70. The zero-order chi connectivity index (χ0) is 10.1. The van der Waals surface area contributed by atoms with Crippen LogP contribution in [0.3, 0.4) is 0 Å². The van der Waals surface area contributed by atoms with Crippen LogP contribution in [0.4, 0.5) is 0 Å². The summed E-state index contributed by atoms with van der Waals surface area (Å²) < 4.78 is 18.4. The van der Waals surface area contributed by atoms with Gasteiger partial charge in [0.1, 0.15) is 14.1 Å². The fraction of sp³-hybridized carbons (Fsp3) is 0.429. The van der Waals surface area contributed by atoms with Crippen molar-refractivity contribution in [3.8, 4) is 0 Å². The summed E-state index contributed by atoms with van der Waals surface area (Å²) in [5.74, 6) is -0.0968. The van der Waals surface area contributed by atoms with Crippen LogP contribution in [0.25, 0.3) is 0 Å². The fourth-order valence-corrected chi connectivity index (χ4v) is 2.37. The molecule has 1 aromatic rings. The Morgan fingerprint density at radius 1 is 1.80 bits per heavy atom. The number of aromatic nitrogens is 1. The Labute approximate surface area is 153 Å². The number of hydrogen-bond donors (Lipinski definition) is 3. The minimum Gasteiger partial charge on any atom is -0.396 e. The number of nitrogens with one attached hydrogen (secondary N) is 1. The van der Waals surface area contributed by atoms with E-state index in [0.717, 1.165) is 11.3 Å². The molecule has 2 atom stereocenters. The van der Waals surface area contributed by atoms with Crippen LogP contribution in [0, 0.1) is 12.2 Å². The van der Waals surface area contributed by atoms with Crippen LogP contribution in [-0.2, 0) is 9.92 Å². The number of rotatable bonds is 3. The summed E-state index contributed by atoms with van der Waals surface area (Å²) in [4.78, 5) is 3.93. The predicted molar refractivity (Wildman–Crippen MR) is 57.3 cm³/mol. The molecule has 8 heteroatoms. The molecule has 0 aromatic carbocycles. The van der Waals surface area contributed by atoms with E-state index < -0.39 is 9.92 Å². The molecule has 2 unspecified atom stereocenters. The molecule has 0 amide bonds. The van der Waals surface area contributed by atoms with E-state index in [4.69, 9.17) is 15.0 Å². The van der Waals surface area contributed by atoms with Crippen molar-refractivity contribution in [2.24, 2.45) is 5.14 Å². The number of nitrogens with zero attached hydrogens (tertiary/aromatic N) is 1. The summed E-state index contributed by atoms with van der Waals surface area (Å²) in [6, 6.07) is 0. The molecule has 0 saturated heterocycles. The van der Waals surface area contributed by atoms with Crippen molar-refractivity contribution in [2.45, 2.75) is 17.1 Å². The zero-order valence-electron chi connectivity index (χ0n) is 9.06. The van der Waals surface area contributed by atoms with Crippen molar-refractivity contribution in [1.29, 1.82) is 4.78 Å². The Morgan fingerprint density at radius 3 is 2.67 bits per heavy atom. The Morgan fingerprint density at radius 2 is 2.33 bits per heavy atom. The van der Waals surface area contributed by atoms with Crippen molar-refractivity contribution in [3.63, 3.8) is 0 Å². The van der Waals surface area contributed by atoms with Gasteiger partial charge in [0.25, 0.3) is 0 Å². The van der Waals surface area contributed by atoms with E-state index in [1.54, 1.807) is 6.92 Å². The second-order valence-corrected chi connectivity index (χ2v) is 5.66. The molecular formula is C7H14CsN3O2S2. The normalized spacial score (nSPS) is 15.7. The molecule has 0 spiro atoms.